The summed E-state index contributed by atoms with van der Waals surface area (Å²) in [5.74, 6) is 0.781. The van der Waals surface area contributed by atoms with Gasteiger partial charge in [0.25, 0.3) is 0 Å². The van der Waals surface area contributed by atoms with Gasteiger partial charge in [0.1, 0.15) is 5.75 Å². The molecule has 0 spiro atoms. The fraction of sp³-hybridized carbons (Fsp3) is 0.278. The van der Waals surface area contributed by atoms with Gasteiger partial charge in [-0.3, -0.25) is 0 Å². The summed E-state index contributed by atoms with van der Waals surface area (Å²) < 4.78 is 5.36. The Morgan fingerprint density at radius 1 is 1.05 bits per heavy atom. The molecule has 0 bridgehead atoms. The molecular formula is C18H20N2OS. The SMILES string of the molecule is COc1ccc(C)cc1NC(=S)Nc1ccc2c(c1)CCC2. The highest BCUT2D eigenvalue weighted by Gasteiger charge is 2.11. The van der Waals surface area contributed by atoms with Gasteiger partial charge in [0.15, 0.2) is 5.11 Å². The van der Waals surface area contributed by atoms with E-state index in [1.807, 2.05) is 25.1 Å². The molecular weight excluding hydrogens is 292 g/mol. The number of hydrogen-bond acceptors (Lipinski definition) is 2. The van der Waals surface area contributed by atoms with E-state index in [-0.39, 0.29) is 0 Å². The van der Waals surface area contributed by atoms with Gasteiger partial charge in [-0.1, -0.05) is 12.1 Å². The van der Waals surface area contributed by atoms with Gasteiger partial charge in [-0.05, 0) is 79.4 Å². The van der Waals surface area contributed by atoms with Gasteiger partial charge in [-0.2, -0.15) is 0 Å². The van der Waals surface area contributed by atoms with Crippen molar-refractivity contribution in [3.63, 3.8) is 0 Å². The Morgan fingerprint density at radius 3 is 2.68 bits per heavy atom. The average molecular weight is 312 g/mol. The summed E-state index contributed by atoms with van der Waals surface area (Å²) >= 11 is 5.42. The number of hydrogen-bond donors (Lipinski definition) is 2. The lowest BCUT2D eigenvalue weighted by Crippen LogP contribution is -2.19. The molecule has 0 fully saturated rings. The second kappa shape index (κ2) is 6.36. The fourth-order valence-corrected chi connectivity index (χ4v) is 3.08. The predicted molar refractivity (Wildman–Crippen MR) is 96.0 cm³/mol. The maximum absolute atomic E-state index is 5.42. The molecule has 0 amide bonds. The van der Waals surface area contributed by atoms with Gasteiger partial charge in [-0.25, -0.2) is 0 Å². The Morgan fingerprint density at radius 2 is 1.86 bits per heavy atom. The maximum Gasteiger partial charge on any atom is 0.175 e. The van der Waals surface area contributed by atoms with Crippen LogP contribution >= 0.6 is 12.2 Å². The number of aryl methyl sites for hydroxylation is 3. The molecule has 0 saturated heterocycles. The molecule has 0 aromatic heterocycles. The fourth-order valence-electron chi connectivity index (χ4n) is 2.85. The van der Waals surface area contributed by atoms with Crippen LogP contribution in [0.3, 0.4) is 0 Å². The Labute approximate surface area is 136 Å². The second-order valence-corrected chi connectivity index (χ2v) is 6.03. The molecule has 0 aliphatic heterocycles. The van der Waals surface area contributed by atoms with E-state index in [0.717, 1.165) is 29.1 Å². The minimum Gasteiger partial charge on any atom is -0.495 e. The lowest BCUT2D eigenvalue weighted by atomic mass is 10.1. The first-order valence-electron chi connectivity index (χ1n) is 7.50. The standard InChI is InChI=1S/C18H20N2OS/c1-12-6-9-17(21-2)16(10-12)20-18(22)19-15-8-7-13-4-3-5-14(13)11-15/h6-11H,3-5H2,1-2H3,(H2,19,20,22). The first-order chi connectivity index (χ1) is 10.7. The molecule has 0 heterocycles. The Bertz CT molecular complexity index is 712. The summed E-state index contributed by atoms with van der Waals surface area (Å²) in [6.45, 7) is 2.04. The van der Waals surface area contributed by atoms with E-state index in [0.29, 0.717) is 5.11 Å². The monoisotopic (exact) mass is 312 g/mol. The van der Waals surface area contributed by atoms with Crippen LogP contribution < -0.4 is 15.4 Å². The molecule has 2 aromatic carbocycles. The van der Waals surface area contributed by atoms with Crippen molar-refractivity contribution in [3.05, 3.63) is 53.1 Å². The number of nitrogens with one attached hydrogen (secondary N) is 2. The van der Waals surface area contributed by atoms with Crippen molar-refractivity contribution in [3.8, 4) is 5.75 Å². The average Bonchev–Trinajstić information content (AvgIpc) is 2.95. The number of methoxy groups -OCH3 is 1. The van der Waals surface area contributed by atoms with E-state index < -0.39 is 0 Å². The zero-order valence-electron chi connectivity index (χ0n) is 12.9. The van der Waals surface area contributed by atoms with Crippen molar-refractivity contribution in [2.45, 2.75) is 26.2 Å². The lowest BCUT2D eigenvalue weighted by molar-refractivity contribution is 0.417. The smallest absolute Gasteiger partial charge is 0.175 e. The van der Waals surface area contributed by atoms with E-state index in [1.54, 1.807) is 7.11 Å². The first kappa shape index (κ1) is 14.9. The number of thiocarbonyl (C=S) groups is 1. The van der Waals surface area contributed by atoms with Gasteiger partial charge in [0.05, 0.1) is 12.8 Å². The Hall–Kier alpha value is -2.07. The Balaban J connectivity index is 1.71. The van der Waals surface area contributed by atoms with Crippen molar-refractivity contribution >= 4 is 28.7 Å². The van der Waals surface area contributed by atoms with Gasteiger partial charge >= 0.3 is 0 Å². The van der Waals surface area contributed by atoms with Gasteiger partial charge in [-0.15, -0.1) is 0 Å². The van der Waals surface area contributed by atoms with Gasteiger partial charge in [0.2, 0.25) is 0 Å². The van der Waals surface area contributed by atoms with Crippen LogP contribution in [0.4, 0.5) is 11.4 Å². The normalized spacial score (nSPS) is 12.6. The third-order valence-electron chi connectivity index (χ3n) is 3.96. The third-order valence-corrected chi connectivity index (χ3v) is 4.16. The van der Waals surface area contributed by atoms with E-state index in [2.05, 4.69) is 28.8 Å². The van der Waals surface area contributed by atoms with Crippen LogP contribution in [0, 0.1) is 6.92 Å². The molecule has 0 radical (unpaired) electrons. The largest absolute Gasteiger partial charge is 0.495 e. The molecule has 4 heteroatoms. The zero-order chi connectivity index (χ0) is 15.5. The third kappa shape index (κ3) is 3.22. The molecule has 22 heavy (non-hydrogen) atoms. The zero-order valence-corrected chi connectivity index (χ0v) is 13.7. The summed E-state index contributed by atoms with van der Waals surface area (Å²) in [5.41, 5.74) is 5.96. The van der Waals surface area contributed by atoms with Crippen LogP contribution in [0.15, 0.2) is 36.4 Å². The molecule has 1 aliphatic carbocycles. The number of benzene rings is 2. The molecule has 0 unspecified atom stereocenters. The summed E-state index contributed by atoms with van der Waals surface area (Å²) in [4.78, 5) is 0. The maximum atomic E-state index is 5.42. The lowest BCUT2D eigenvalue weighted by Gasteiger charge is -2.14. The molecule has 2 N–H and O–H groups in total. The molecule has 114 valence electrons. The molecule has 0 atom stereocenters. The molecule has 3 nitrogen and oxygen atoms in total. The van der Waals surface area contributed by atoms with Crippen molar-refractivity contribution < 1.29 is 4.74 Å². The van der Waals surface area contributed by atoms with Gasteiger partial charge < -0.3 is 15.4 Å². The van der Waals surface area contributed by atoms with Crippen LogP contribution in [-0.4, -0.2) is 12.2 Å². The highest BCUT2D eigenvalue weighted by molar-refractivity contribution is 7.80. The van der Waals surface area contributed by atoms with Crippen LogP contribution in [0.1, 0.15) is 23.1 Å². The summed E-state index contributed by atoms with van der Waals surface area (Å²) in [6, 6.07) is 12.5. The number of rotatable bonds is 3. The van der Waals surface area contributed by atoms with Crippen molar-refractivity contribution in [1.82, 2.24) is 0 Å². The Kier molecular flexibility index (Phi) is 4.29. The minimum absolute atomic E-state index is 0.571. The number of ether oxygens (including phenoxy) is 1. The summed E-state index contributed by atoms with van der Waals surface area (Å²) in [6.07, 6.45) is 3.61. The van der Waals surface area contributed by atoms with Gasteiger partial charge in [0, 0.05) is 5.69 Å². The van der Waals surface area contributed by atoms with Crippen LogP contribution in [-0.2, 0) is 12.8 Å². The minimum atomic E-state index is 0.571. The van der Waals surface area contributed by atoms with Crippen LogP contribution in [0.2, 0.25) is 0 Å². The summed E-state index contributed by atoms with van der Waals surface area (Å²) in [7, 11) is 1.66. The summed E-state index contributed by atoms with van der Waals surface area (Å²) in [5, 5.41) is 7.04. The van der Waals surface area contributed by atoms with Crippen molar-refractivity contribution in [2.75, 3.05) is 17.7 Å². The molecule has 1 aliphatic rings. The number of fused-ring (bicyclic) bond motifs is 1. The topological polar surface area (TPSA) is 33.3 Å². The molecule has 3 rings (SSSR count). The quantitative estimate of drug-likeness (QED) is 0.828. The highest BCUT2D eigenvalue weighted by atomic mass is 32.1. The van der Waals surface area contributed by atoms with E-state index in [1.165, 1.54) is 24.0 Å². The van der Waals surface area contributed by atoms with Crippen molar-refractivity contribution in [1.29, 1.82) is 0 Å². The predicted octanol–water partition coefficient (Wildman–Crippen LogP) is 4.30. The molecule has 2 aromatic rings. The van der Waals surface area contributed by atoms with Crippen LogP contribution in [0.25, 0.3) is 0 Å². The van der Waals surface area contributed by atoms with E-state index >= 15 is 0 Å². The highest BCUT2D eigenvalue weighted by Crippen LogP contribution is 2.27. The first-order valence-corrected chi connectivity index (χ1v) is 7.91. The van der Waals surface area contributed by atoms with E-state index in [9.17, 15) is 0 Å². The van der Waals surface area contributed by atoms with Crippen LogP contribution in [0.5, 0.6) is 5.75 Å². The van der Waals surface area contributed by atoms with Crippen molar-refractivity contribution in [2.24, 2.45) is 0 Å². The molecule has 0 saturated carbocycles. The number of anilines is 2. The second-order valence-electron chi connectivity index (χ2n) is 5.62. The van der Waals surface area contributed by atoms with E-state index in [4.69, 9.17) is 17.0 Å².